The molecule has 0 radical (unpaired) electrons. The van der Waals surface area contributed by atoms with Crippen molar-refractivity contribution in [3.8, 4) is 5.75 Å². The van der Waals surface area contributed by atoms with Gasteiger partial charge < -0.3 is 19.7 Å². The number of rotatable bonds is 10. The number of halogens is 1. The van der Waals surface area contributed by atoms with Crippen LogP contribution in [0.2, 0.25) is 5.02 Å². The van der Waals surface area contributed by atoms with Crippen molar-refractivity contribution in [1.29, 1.82) is 0 Å². The van der Waals surface area contributed by atoms with Gasteiger partial charge in [-0.15, -0.1) is 0 Å². The lowest BCUT2D eigenvalue weighted by Crippen LogP contribution is -2.50. The van der Waals surface area contributed by atoms with Crippen molar-refractivity contribution < 1.29 is 27.5 Å². The third-order valence-electron chi connectivity index (χ3n) is 7.99. The van der Waals surface area contributed by atoms with Gasteiger partial charge in [-0.1, -0.05) is 41.9 Å². The molecule has 14 heteroatoms. The Morgan fingerprint density at radius 2 is 1.60 bits per heavy atom. The maximum atomic E-state index is 14.2. The second-order valence-electron chi connectivity index (χ2n) is 12.5. The van der Waals surface area contributed by atoms with Crippen LogP contribution >= 0.6 is 11.6 Å². The van der Waals surface area contributed by atoms with E-state index in [0.29, 0.717) is 61.0 Å². The Morgan fingerprint density at radius 3 is 2.23 bits per heavy atom. The highest BCUT2D eigenvalue weighted by Crippen LogP contribution is 2.28. The Kier molecular flexibility index (Phi) is 10.5. The van der Waals surface area contributed by atoms with Crippen molar-refractivity contribution in [2.24, 2.45) is 0 Å². The Bertz CT molecular complexity index is 1930. The molecule has 1 fully saturated rings. The third kappa shape index (κ3) is 7.69. The minimum Gasteiger partial charge on any atom is -0.497 e. The Hall–Kier alpha value is -4.33. The van der Waals surface area contributed by atoms with Crippen LogP contribution in [0.15, 0.2) is 82.5 Å². The maximum absolute atomic E-state index is 14.2. The largest absolute Gasteiger partial charge is 0.497 e. The first-order valence-electron chi connectivity index (χ1n) is 15.7. The summed E-state index contributed by atoms with van der Waals surface area (Å²) in [5, 5.41) is 3.23. The number of nitrogens with one attached hydrogen (secondary N) is 1. The van der Waals surface area contributed by atoms with Crippen LogP contribution in [0, 0.1) is 0 Å². The summed E-state index contributed by atoms with van der Waals surface area (Å²) in [5.41, 5.74) is -0.691. The minimum atomic E-state index is -4.39. The van der Waals surface area contributed by atoms with Crippen LogP contribution in [0.25, 0.3) is 11.0 Å². The van der Waals surface area contributed by atoms with Crippen molar-refractivity contribution in [2.75, 3.05) is 46.4 Å². The molecule has 0 bridgehead atoms. The van der Waals surface area contributed by atoms with Crippen molar-refractivity contribution in [3.63, 3.8) is 0 Å². The van der Waals surface area contributed by atoms with Crippen molar-refractivity contribution in [2.45, 2.75) is 43.7 Å². The molecule has 4 aromatic rings. The van der Waals surface area contributed by atoms with E-state index in [1.165, 1.54) is 54.1 Å². The van der Waals surface area contributed by atoms with Gasteiger partial charge in [-0.05, 0) is 81.8 Å². The second kappa shape index (κ2) is 14.4. The summed E-state index contributed by atoms with van der Waals surface area (Å²) < 4.78 is 40.4. The fourth-order valence-corrected chi connectivity index (χ4v) is 7.21. The van der Waals surface area contributed by atoms with Gasteiger partial charge in [0.05, 0.1) is 23.0 Å². The topological polar surface area (TPSA) is 132 Å². The number of benzene rings is 3. The molecule has 48 heavy (non-hydrogen) atoms. The summed E-state index contributed by atoms with van der Waals surface area (Å²) in [5.74, 6) is -0.0155. The lowest BCUT2D eigenvalue weighted by Gasteiger charge is -2.35. The molecular formula is C34H40ClN5O7S. The molecule has 3 aromatic carbocycles. The molecule has 1 atom stereocenters. The van der Waals surface area contributed by atoms with Crippen LogP contribution in [-0.2, 0) is 19.6 Å². The summed E-state index contributed by atoms with van der Waals surface area (Å²) in [6.07, 6.45) is 0.296. The zero-order chi connectivity index (χ0) is 34.6. The number of hydrogen-bond acceptors (Lipinski definition) is 8. The summed E-state index contributed by atoms with van der Waals surface area (Å²) in [6.45, 7) is 8.97. The Morgan fingerprint density at radius 1 is 0.938 bits per heavy atom. The van der Waals surface area contributed by atoms with Gasteiger partial charge in [-0.3, -0.25) is 14.3 Å². The predicted octanol–water partition coefficient (Wildman–Crippen LogP) is 4.35. The van der Waals surface area contributed by atoms with E-state index in [9.17, 15) is 22.8 Å². The molecule has 1 unspecified atom stereocenters. The van der Waals surface area contributed by atoms with Crippen molar-refractivity contribution in [1.82, 2.24) is 23.7 Å². The monoisotopic (exact) mass is 697 g/mol. The van der Waals surface area contributed by atoms with E-state index in [-0.39, 0.29) is 27.0 Å². The molecule has 1 saturated heterocycles. The molecule has 1 N–H and O–H groups in total. The first-order chi connectivity index (χ1) is 22.8. The molecule has 0 saturated carbocycles. The number of imidazole rings is 1. The number of aromatic nitrogens is 2. The van der Waals surface area contributed by atoms with Gasteiger partial charge in [-0.2, -0.15) is 3.97 Å². The summed E-state index contributed by atoms with van der Waals surface area (Å²) in [4.78, 5) is 44.4. The third-order valence-corrected chi connectivity index (χ3v) is 9.93. The normalized spacial score (nSPS) is 14.9. The van der Waals surface area contributed by atoms with Crippen LogP contribution in [0.3, 0.4) is 0 Å². The molecule has 0 spiro atoms. The van der Waals surface area contributed by atoms with Gasteiger partial charge in [-0.25, -0.2) is 18.0 Å². The number of methoxy groups -OCH3 is 1. The first-order valence-corrected chi connectivity index (χ1v) is 17.5. The van der Waals surface area contributed by atoms with Crippen molar-refractivity contribution >= 4 is 44.7 Å². The van der Waals surface area contributed by atoms with Crippen LogP contribution < -0.4 is 15.7 Å². The zero-order valence-electron chi connectivity index (χ0n) is 27.4. The molecule has 5 rings (SSSR count). The highest BCUT2D eigenvalue weighted by atomic mass is 35.5. The quantitative estimate of drug-likeness (QED) is 0.242. The van der Waals surface area contributed by atoms with E-state index in [1.54, 1.807) is 35.2 Å². The predicted molar refractivity (Wildman–Crippen MR) is 183 cm³/mol. The van der Waals surface area contributed by atoms with Gasteiger partial charge >= 0.3 is 11.8 Å². The van der Waals surface area contributed by atoms with E-state index in [2.05, 4.69) is 10.2 Å². The molecule has 1 aromatic heterocycles. The van der Waals surface area contributed by atoms with Gasteiger partial charge in [0.2, 0.25) is 5.91 Å². The fraction of sp³-hybridized carbons (Fsp3) is 0.382. The minimum absolute atomic E-state index is 0.0828. The first kappa shape index (κ1) is 35.0. The second-order valence-corrected chi connectivity index (χ2v) is 14.7. The van der Waals surface area contributed by atoms with E-state index in [4.69, 9.17) is 21.1 Å². The molecule has 2 heterocycles. The highest BCUT2D eigenvalue weighted by molar-refractivity contribution is 7.90. The highest BCUT2D eigenvalue weighted by Gasteiger charge is 2.32. The summed E-state index contributed by atoms with van der Waals surface area (Å²) in [7, 11) is -2.92. The Balaban J connectivity index is 1.38. The lowest BCUT2D eigenvalue weighted by molar-refractivity contribution is -0.123. The SMILES string of the molecule is COc1ccc(S(=O)(=O)n2c(=O)n(C(C(=O)NCCCN3CCN(C(=O)OC(C)(C)C)CC3)c3ccccc3)c3cc(Cl)ccc32)cc1. The van der Waals surface area contributed by atoms with Gasteiger partial charge in [0.1, 0.15) is 17.4 Å². The number of carbonyl (C=O) groups is 2. The molecule has 1 aliphatic rings. The number of carbonyl (C=O) groups excluding carboxylic acids is 2. The molecule has 1 aliphatic heterocycles. The number of fused-ring (bicyclic) bond motifs is 1. The molecule has 2 amide bonds. The average Bonchev–Trinajstić information content (AvgIpc) is 3.34. The van der Waals surface area contributed by atoms with E-state index in [0.717, 1.165) is 0 Å². The maximum Gasteiger partial charge on any atom is 0.410 e. The van der Waals surface area contributed by atoms with Crippen LogP contribution in [0.5, 0.6) is 5.75 Å². The number of ether oxygens (including phenoxy) is 2. The molecule has 0 aliphatic carbocycles. The van der Waals surface area contributed by atoms with E-state index in [1.807, 2.05) is 20.8 Å². The summed E-state index contributed by atoms with van der Waals surface area (Å²) >= 11 is 6.36. The van der Waals surface area contributed by atoms with Crippen molar-refractivity contribution in [3.05, 3.63) is 93.9 Å². The number of hydrogen-bond donors (Lipinski definition) is 1. The number of piperazine rings is 1. The van der Waals surface area contributed by atoms with Gasteiger partial charge in [0.15, 0.2) is 0 Å². The number of nitrogens with zero attached hydrogens (tertiary/aromatic N) is 4. The lowest BCUT2D eigenvalue weighted by atomic mass is 10.1. The Labute approximate surface area is 284 Å². The van der Waals surface area contributed by atoms with E-state index < -0.39 is 33.3 Å². The van der Waals surface area contributed by atoms with Gasteiger partial charge in [0.25, 0.3) is 10.0 Å². The van der Waals surface area contributed by atoms with Gasteiger partial charge in [0, 0.05) is 37.7 Å². The van der Waals surface area contributed by atoms with Crippen LogP contribution in [0.4, 0.5) is 4.79 Å². The average molecular weight is 698 g/mol. The van der Waals surface area contributed by atoms with Crippen LogP contribution in [0.1, 0.15) is 38.8 Å². The standard InChI is InChI=1S/C34H40ClN5O7S/c1-34(2,3)47-33(43)38-21-19-37(20-22-38)18-8-17-36-31(41)30(24-9-6-5-7-10-24)39-29-23-25(35)11-16-28(29)40(32(39)42)48(44,45)27-14-12-26(46-4)13-15-27/h5-7,9-16,23,30H,8,17-22H2,1-4H3,(H,36,41). The zero-order valence-corrected chi connectivity index (χ0v) is 29.0. The number of amides is 2. The fourth-order valence-electron chi connectivity index (χ4n) is 5.64. The molecule has 256 valence electrons. The smallest absolute Gasteiger partial charge is 0.410 e. The van der Waals surface area contributed by atoms with E-state index >= 15 is 0 Å². The summed E-state index contributed by atoms with van der Waals surface area (Å²) in [6, 6.07) is 17.7. The molecule has 12 nitrogen and oxygen atoms in total. The molecular weight excluding hydrogens is 658 g/mol. The van der Waals surface area contributed by atoms with Crippen LogP contribution in [-0.4, -0.2) is 90.7 Å².